The second-order valence-corrected chi connectivity index (χ2v) is 6.79. The number of esters is 1. The minimum Gasteiger partial charge on any atom is -0.454 e. The highest BCUT2D eigenvalue weighted by Crippen LogP contribution is 2.19. The molecule has 0 saturated carbocycles. The lowest BCUT2D eigenvalue weighted by Gasteiger charge is -2.13. The molecule has 1 atom stereocenters. The van der Waals surface area contributed by atoms with Crippen LogP contribution < -0.4 is 0 Å². The highest BCUT2D eigenvalue weighted by molar-refractivity contribution is 6.00. The molecule has 3 aromatic rings. The SMILES string of the molecule is CCc1ccc(C(=O)[C@H](C)OC(=O)Cc2ccc(-c3ccccc3)cc2)cc1. The fourth-order valence-corrected chi connectivity index (χ4v) is 3.04. The van der Waals surface area contributed by atoms with Crippen LogP contribution in [0.1, 0.15) is 35.3 Å². The summed E-state index contributed by atoms with van der Waals surface area (Å²) in [5.74, 6) is -0.589. The zero-order valence-electron chi connectivity index (χ0n) is 16.2. The first-order chi connectivity index (χ1) is 13.6. The van der Waals surface area contributed by atoms with Crippen molar-refractivity contribution in [1.29, 1.82) is 0 Å². The maximum Gasteiger partial charge on any atom is 0.310 e. The van der Waals surface area contributed by atoms with Crippen LogP contribution in [0.3, 0.4) is 0 Å². The molecule has 0 aliphatic heterocycles. The highest BCUT2D eigenvalue weighted by atomic mass is 16.5. The minimum absolute atomic E-state index is 0.140. The lowest BCUT2D eigenvalue weighted by Crippen LogP contribution is -2.25. The van der Waals surface area contributed by atoms with Crippen LogP contribution in [0.5, 0.6) is 0 Å². The van der Waals surface area contributed by atoms with E-state index in [2.05, 4.69) is 6.92 Å². The maximum atomic E-state index is 12.5. The molecular formula is C25H24O3. The molecule has 0 aromatic heterocycles. The number of ketones is 1. The Kier molecular flexibility index (Phi) is 6.38. The van der Waals surface area contributed by atoms with Crippen LogP contribution in [0.25, 0.3) is 11.1 Å². The van der Waals surface area contributed by atoms with Gasteiger partial charge in [0.2, 0.25) is 5.78 Å². The molecule has 0 bridgehead atoms. The van der Waals surface area contributed by atoms with E-state index >= 15 is 0 Å². The van der Waals surface area contributed by atoms with Crippen LogP contribution in [-0.2, 0) is 22.4 Å². The van der Waals surface area contributed by atoms with Crippen molar-refractivity contribution in [3.05, 3.63) is 95.6 Å². The molecule has 142 valence electrons. The van der Waals surface area contributed by atoms with E-state index in [1.165, 1.54) is 5.56 Å². The standard InChI is InChI=1S/C25H24O3/c1-3-19-9-15-23(16-10-19)25(27)18(2)28-24(26)17-20-11-13-22(14-12-20)21-7-5-4-6-8-21/h4-16,18H,3,17H2,1-2H3/t18-/m0/s1. The summed E-state index contributed by atoms with van der Waals surface area (Å²) in [5, 5.41) is 0. The molecule has 0 aliphatic carbocycles. The lowest BCUT2D eigenvalue weighted by molar-refractivity contribution is -0.145. The first kappa shape index (κ1) is 19.6. The fraction of sp³-hybridized carbons (Fsp3) is 0.200. The number of ether oxygens (including phenoxy) is 1. The molecule has 0 aliphatic rings. The Morgan fingerprint density at radius 2 is 1.36 bits per heavy atom. The Balaban J connectivity index is 1.57. The van der Waals surface area contributed by atoms with Gasteiger partial charge < -0.3 is 4.74 Å². The molecule has 3 aromatic carbocycles. The molecule has 0 unspecified atom stereocenters. The Morgan fingerprint density at radius 1 is 0.786 bits per heavy atom. The van der Waals surface area contributed by atoms with Gasteiger partial charge in [-0.2, -0.15) is 0 Å². The number of Topliss-reactive ketones (excluding diaryl/α,β-unsaturated/α-hetero) is 1. The van der Waals surface area contributed by atoms with Gasteiger partial charge in [-0.15, -0.1) is 0 Å². The van der Waals surface area contributed by atoms with E-state index in [4.69, 9.17) is 4.74 Å². The second-order valence-electron chi connectivity index (χ2n) is 6.79. The topological polar surface area (TPSA) is 43.4 Å². The number of rotatable bonds is 7. The number of carbonyl (C=O) groups excluding carboxylic acids is 2. The third-order valence-electron chi connectivity index (χ3n) is 4.73. The summed E-state index contributed by atoms with van der Waals surface area (Å²) in [7, 11) is 0. The number of carbonyl (C=O) groups is 2. The largest absolute Gasteiger partial charge is 0.454 e. The number of hydrogen-bond donors (Lipinski definition) is 0. The molecule has 0 N–H and O–H groups in total. The quantitative estimate of drug-likeness (QED) is 0.419. The summed E-state index contributed by atoms with van der Waals surface area (Å²) < 4.78 is 5.35. The maximum absolute atomic E-state index is 12.5. The van der Waals surface area contributed by atoms with Crippen molar-refractivity contribution in [3.8, 4) is 11.1 Å². The highest BCUT2D eigenvalue weighted by Gasteiger charge is 2.19. The monoisotopic (exact) mass is 372 g/mol. The van der Waals surface area contributed by atoms with Crippen molar-refractivity contribution in [2.45, 2.75) is 32.8 Å². The van der Waals surface area contributed by atoms with Crippen LogP contribution in [0.15, 0.2) is 78.9 Å². The van der Waals surface area contributed by atoms with E-state index in [1.807, 2.05) is 66.7 Å². The van der Waals surface area contributed by atoms with Crippen LogP contribution in [0.2, 0.25) is 0 Å². The van der Waals surface area contributed by atoms with Crippen LogP contribution >= 0.6 is 0 Å². The minimum atomic E-state index is -0.802. The van der Waals surface area contributed by atoms with Crippen molar-refractivity contribution in [1.82, 2.24) is 0 Å². The Morgan fingerprint density at radius 3 is 1.96 bits per heavy atom. The summed E-state index contributed by atoms with van der Waals surface area (Å²) in [6.07, 6.45) is 0.257. The molecule has 28 heavy (non-hydrogen) atoms. The molecule has 3 rings (SSSR count). The Labute approximate surface area is 166 Å². The molecule has 0 spiro atoms. The van der Waals surface area contributed by atoms with Gasteiger partial charge in [0.05, 0.1) is 6.42 Å². The smallest absolute Gasteiger partial charge is 0.310 e. The Hall–Kier alpha value is -3.20. The second kappa shape index (κ2) is 9.14. The van der Waals surface area contributed by atoms with Gasteiger partial charge in [-0.1, -0.05) is 85.8 Å². The molecule has 0 heterocycles. The van der Waals surface area contributed by atoms with E-state index in [9.17, 15) is 9.59 Å². The lowest BCUT2D eigenvalue weighted by atomic mass is 10.0. The zero-order chi connectivity index (χ0) is 19.9. The molecular weight excluding hydrogens is 348 g/mol. The van der Waals surface area contributed by atoms with Gasteiger partial charge in [-0.05, 0) is 35.6 Å². The molecule has 0 saturated heterocycles. The average Bonchev–Trinajstić information content (AvgIpc) is 2.74. The zero-order valence-corrected chi connectivity index (χ0v) is 16.2. The third-order valence-corrected chi connectivity index (χ3v) is 4.73. The summed E-state index contributed by atoms with van der Waals surface area (Å²) in [5.41, 5.74) is 4.81. The summed E-state index contributed by atoms with van der Waals surface area (Å²) >= 11 is 0. The predicted molar refractivity (Wildman–Crippen MR) is 111 cm³/mol. The summed E-state index contributed by atoms with van der Waals surface area (Å²) in [4.78, 5) is 24.7. The average molecular weight is 372 g/mol. The van der Waals surface area contributed by atoms with Gasteiger partial charge in [0.1, 0.15) is 0 Å². The third kappa shape index (κ3) is 4.95. The summed E-state index contributed by atoms with van der Waals surface area (Å²) in [6, 6.07) is 25.3. The number of hydrogen-bond acceptors (Lipinski definition) is 3. The van der Waals surface area contributed by atoms with Crippen LogP contribution in [0.4, 0.5) is 0 Å². The van der Waals surface area contributed by atoms with Crippen molar-refractivity contribution >= 4 is 11.8 Å². The fourth-order valence-electron chi connectivity index (χ4n) is 3.04. The van der Waals surface area contributed by atoms with E-state index in [1.54, 1.807) is 19.1 Å². The molecule has 0 radical (unpaired) electrons. The number of aryl methyl sites for hydroxylation is 1. The van der Waals surface area contributed by atoms with Gasteiger partial charge in [0.15, 0.2) is 6.10 Å². The van der Waals surface area contributed by atoms with Gasteiger partial charge in [-0.25, -0.2) is 0 Å². The predicted octanol–water partition coefficient (Wildman–Crippen LogP) is 5.27. The van der Waals surface area contributed by atoms with Gasteiger partial charge >= 0.3 is 5.97 Å². The van der Waals surface area contributed by atoms with Crippen LogP contribution in [-0.4, -0.2) is 17.9 Å². The number of benzene rings is 3. The molecule has 3 nitrogen and oxygen atoms in total. The first-order valence-corrected chi connectivity index (χ1v) is 9.54. The van der Waals surface area contributed by atoms with Crippen molar-refractivity contribution in [3.63, 3.8) is 0 Å². The van der Waals surface area contributed by atoms with Gasteiger partial charge in [-0.3, -0.25) is 9.59 Å². The van der Waals surface area contributed by atoms with Gasteiger partial charge in [0, 0.05) is 5.56 Å². The van der Waals surface area contributed by atoms with Crippen LogP contribution in [0, 0.1) is 0 Å². The van der Waals surface area contributed by atoms with E-state index < -0.39 is 12.1 Å². The van der Waals surface area contributed by atoms with Crippen molar-refractivity contribution < 1.29 is 14.3 Å². The van der Waals surface area contributed by atoms with Crippen molar-refractivity contribution in [2.24, 2.45) is 0 Å². The first-order valence-electron chi connectivity index (χ1n) is 9.54. The van der Waals surface area contributed by atoms with Crippen molar-refractivity contribution in [2.75, 3.05) is 0 Å². The Bertz CT molecular complexity index is 926. The normalized spacial score (nSPS) is 11.6. The molecule has 0 fully saturated rings. The van der Waals surface area contributed by atoms with E-state index in [-0.39, 0.29) is 12.2 Å². The summed E-state index contributed by atoms with van der Waals surface area (Å²) in [6.45, 7) is 3.68. The molecule has 0 amide bonds. The van der Waals surface area contributed by atoms with E-state index in [0.29, 0.717) is 5.56 Å². The van der Waals surface area contributed by atoms with Gasteiger partial charge in [0.25, 0.3) is 0 Å². The molecule has 3 heteroatoms. The van der Waals surface area contributed by atoms with E-state index in [0.717, 1.165) is 23.1 Å².